The van der Waals surface area contributed by atoms with Crippen molar-refractivity contribution in [2.75, 3.05) is 5.32 Å². The zero-order chi connectivity index (χ0) is 26.0. The van der Waals surface area contributed by atoms with Crippen molar-refractivity contribution in [3.63, 3.8) is 0 Å². The van der Waals surface area contributed by atoms with Crippen molar-refractivity contribution in [2.45, 2.75) is 65.6 Å². The van der Waals surface area contributed by atoms with E-state index in [9.17, 15) is 19.5 Å². The molecule has 1 aromatic heterocycles. The fraction of sp³-hybridized carbons (Fsp3) is 0.462. The Kier molecular flexibility index (Phi) is 7.40. The van der Waals surface area contributed by atoms with Crippen LogP contribution < -0.4 is 21.4 Å². The lowest BCUT2D eigenvalue weighted by Crippen LogP contribution is -2.45. The van der Waals surface area contributed by atoms with Gasteiger partial charge in [0, 0.05) is 18.8 Å². The maximum atomic E-state index is 13.6. The fourth-order valence-corrected chi connectivity index (χ4v) is 4.57. The third-order valence-electron chi connectivity index (χ3n) is 6.47. The van der Waals surface area contributed by atoms with E-state index in [-0.39, 0.29) is 30.9 Å². The van der Waals surface area contributed by atoms with Crippen LogP contribution in [0.25, 0.3) is 0 Å². The number of hydrogen-bond acceptors (Lipinski definition) is 6. The molecule has 4 rings (SSSR count). The Bertz CT molecular complexity index is 1340. The first-order valence-corrected chi connectivity index (χ1v) is 12.4. The number of hydrogen-bond donors (Lipinski definition) is 2. The predicted molar refractivity (Wildman–Crippen MR) is 138 cm³/mol. The number of halogens is 1. The Morgan fingerprint density at radius 3 is 2.64 bits per heavy atom. The van der Waals surface area contributed by atoms with Crippen LogP contribution in [0, 0.1) is 11.3 Å². The summed E-state index contributed by atoms with van der Waals surface area (Å²) in [5.74, 6) is -0.263. The number of benzene rings is 1. The second-order valence-corrected chi connectivity index (χ2v) is 10.4. The molecule has 1 heterocycles. The molecule has 2 N–H and O–H groups in total. The van der Waals surface area contributed by atoms with Gasteiger partial charge in [-0.05, 0) is 69.6 Å². The van der Waals surface area contributed by atoms with Gasteiger partial charge < -0.3 is 15.2 Å². The maximum absolute atomic E-state index is 13.6. The van der Waals surface area contributed by atoms with Crippen LogP contribution in [0.3, 0.4) is 0 Å². The van der Waals surface area contributed by atoms with Gasteiger partial charge in [0.2, 0.25) is 5.95 Å². The quantitative estimate of drug-likeness (QED) is 0.483. The SMILES string of the molecule is CC1=CCC(Cn2c(Nc3ccc(OC(C)C)c(Cl)c3)nc(=O)n(CC3(CC(=O)O)CC3)c2=O)C=C1. The summed E-state index contributed by atoms with van der Waals surface area (Å²) >= 11 is 6.37. The number of carbonyl (C=O) groups is 1. The Balaban J connectivity index is 1.69. The summed E-state index contributed by atoms with van der Waals surface area (Å²) in [6, 6.07) is 5.11. The molecule has 1 unspecified atom stereocenters. The van der Waals surface area contributed by atoms with Gasteiger partial charge in [-0.3, -0.25) is 9.36 Å². The largest absolute Gasteiger partial charge is 0.489 e. The van der Waals surface area contributed by atoms with Crippen LogP contribution in [0.1, 0.15) is 46.5 Å². The molecule has 192 valence electrons. The molecule has 36 heavy (non-hydrogen) atoms. The molecule has 2 aliphatic carbocycles. The topological polar surface area (TPSA) is 115 Å². The third kappa shape index (κ3) is 6.07. The number of nitrogens with one attached hydrogen (secondary N) is 1. The van der Waals surface area contributed by atoms with Crippen LogP contribution in [0.5, 0.6) is 5.75 Å². The van der Waals surface area contributed by atoms with Crippen molar-refractivity contribution < 1.29 is 14.6 Å². The van der Waals surface area contributed by atoms with E-state index >= 15 is 0 Å². The highest BCUT2D eigenvalue weighted by atomic mass is 35.5. The summed E-state index contributed by atoms with van der Waals surface area (Å²) in [5, 5.41) is 12.7. The first-order chi connectivity index (χ1) is 17.0. The lowest BCUT2D eigenvalue weighted by Gasteiger charge is -2.21. The Labute approximate surface area is 214 Å². The normalized spacial score (nSPS) is 18.1. The molecule has 0 amide bonds. The van der Waals surface area contributed by atoms with Gasteiger partial charge in [0.05, 0.1) is 17.5 Å². The zero-order valence-electron chi connectivity index (χ0n) is 20.7. The van der Waals surface area contributed by atoms with Gasteiger partial charge >= 0.3 is 17.3 Å². The number of carboxylic acids is 1. The summed E-state index contributed by atoms with van der Waals surface area (Å²) in [5.41, 5.74) is -0.0971. The number of carboxylic acid groups (broad SMARTS) is 1. The number of allylic oxidation sites excluding steroid dienone is 4. The molecular formula is C26H31ClN4O5. The molecule has 1 fully saturated rings. The van der Waals surface area contributed by atoms with E-state index in [1.165, 1.54) is 4.57 Å². The summed E-state index contributed by atoms with van der Waals surface area (Å²) in [4.78, 5) is 42.0. The van der Waals surface area contributed by atoms with Crippen LogP contribution >= 0.6 is 11.6 Å². The second kappa shape index (κ2) is 10.3. The van der Waals surface area contributed by atoms with Crippen LogP contribution in [-0.2, 0) is 17.9 Å². The molecule has 1 saturated carbocycles. The molecule has 0 saturated heterocycles. The maximum Gasteiger partial charge on any atom is 0.354 e. The number of ether oxygens (including phenoxy) is 1. The second-order valence-electron chi connectivity index (χ2n) is 10.0. The number of rotatable bonds is 10. The van der Waals surface area contributed by atoms with Crippen LogP contribution in [0.2, 0.25) is 5.02 Å². The van der Waals surface area contributed by atoms with Gasteiger partial charge in [0.1, 0.15) is 5.75 Å². The van der Waals surface area contributed by atoms with E-state index in [2.05, 4.69) is 16.4 Å². The minimum atomic E-state index is -0.941. The third-order valence-corrected chi connectivity index (χ3v) is 6.76. The molecular weight excluding hydrogens is 484 g/mol. The smallest absolute Gasteiger partial charge is 0.354 e. The molecule has 2 aromatic rings. The number of anilines is 2. The lowest BCUT2D eigenvalue weighted by atomic mass is 9.97. The molecule has 0 radical (unpaired) electrons. The van der Waals surface area contributed by atoms with Gasteiger partial charge in [-0.1, -0.05) is 35.4 Å². The van der Waals surface area contributed by atoms with Crippen molar-refractivity contribution in [2.24, 2.45) is 11.3 Å². The van der Waals surface area contributed by atoms with Crippen LogP contribution in [0.15, 0.2) is 51.6 Å². The molecule has 1 aromatic carbocycles. The minimum Gasteiger partial charge on any atom is -0.489 e. The van der Waals surface area contributed by atoms with E-state index in [0.29, 0.717) is 35.8 Å². The van der Waals surface area contributed by atoms with E-state index in [1.54, 1.807) is 18.2 Å². The summed E-state index contributed by atoms with van der Waals surface area (Å²) in [6.45, 7) is 6.17. The number of nitrogens with zero attached hydrogens (tertiary/aromatic N) is 3. The van der Waals surface area contributed by atoms with Crippen molar-refractivity contribution in [3.8, 4) is 5.75 Å². The van der Waals surface area contributed by atoms with E-state index < -0.39 is 22.8 Å². The van der Waals surface area contributed by atoms with Gasteiger partial charge in [0.25, 0.3) is 0 Å². The van der Waals surface area contributed by atoms with Crippen molar-refractivity contribution in [1.29, 1.82) is 0 Å². The number of aromatic nitrogens is 3. The molecule has 0 bridgehead atoms. The Hall–Kier alpha value is -3.33. The highest BCUT2D eigenvalue weighted by molar-refractivity contribution is 6.32. The molecule has 0 aliphatic heterocycles. The van der Waals surface area contributed by atoms with E-state index in [0.717, 1.165) is 16.6 Å². The highest BCUT2D eigenvalue weighted by Crippen LogP contribution is 2.49. The summed E-state index contributed by atoms with van der Waals surface area (Å²) < 4.78 is 8.20. The molecule has 0 spiro atoms. The summed E-state index contributed by atoms with van der Waals surface area (Å²) in [6.07, 6.45) is 8.09. The molecule has 2 aliphatic rings. The predicted octanol–water partition coefficient (Wildman–Crippen LogP) is 4.37. The average molecular weight is 515 g/mol. The summed E-state index contributed by atoms with van der Waals surface area (Å²) in [7, 11) is 0. The minimum absolute atomic E-state index is 0.0385. The zero-order valence-corrected chi connectivity index (χ0v) is 21.4. The monoisotopic (exact) mass is 514 g/mol. The first-order valence-electron chi connectivity index (χ1n) is 12.1. The highest BCUT2D eigenvalue weighted by Gasteiger charge is 2.45. The standard InChI is InChI=1S/C26H31ClN4O5/c1-16(2)36-21-9-8-19(12-20(21)27)28-23-29-24(34)31(15-26(10-11-26)13-22(32)33)25(35)30(23)14-18-6-4-17(3)5-7-18/h4-6,8-9,12,16,18H,7,10-11,13-15H2,1-3H3,(H,32,33)(H,28,29,34). The number of aliphatic carboxylic acids is 1. The Morgan fingerprint density at radius 1 is 1.31 bits per heavy atom. The van der Waals surface area contributed by atoms with Crippen molar-refractivity contribution >= 4 is 29.2 Å². The van der Waals surface area contributed by atoms with Crippen LogP contribution in [0.4, 0.5) is 11.6 Å². The van der Waals surface area contributed by atoms with E-state index in [4.69, 9.17) is 16.3 Å². The average Bonchev–Trinajstić information content (AvgIpc) is 3.55. The molecule has 1 atom stereocenters. The van der Waals surface area contributed by atoms with Gasteiger partial charge in [0.15, 0.2) is 0 Å². The molecule has 10 heteroatoms. The van der Waals surface area contributed by atoms with Crippen molar-refractivity contribution in [1.82, 2.24) is 14.1 Å². The van der Waals surface area contributed by atoms with Crippen molar-refractivity contribution in [3.05, 3.63) is 68.0 Å². The van der Waals surface area contributed by atoms with Gasteiger partial charge in [-0.15, -0.1) is 0 Å². The molecule has 9 nitrogen and oxygen atoms in total. The van der Waals surface area contributed by atoms with Gasteiger partial charge in [-0.2, -0.15) is 4.98 Å². The first kappa shape index (κ1) is 25.8. The van der Waals surface area contributed by atoms with Gasteiger partial charge in [-0.25, -0.2) is 14.2 Å². The van der Waals surface area contributed by atoms with Crippen LogP contribution in [-0.4, -0.2) is 31.3 Å². The fourth-order valence-electron chi connectivity index (χ4n) is 4.35. The van der Waals surface area contributed by atoms with E-state index in [1.807, 2.05) is 32.9 Å². The Morgan fingerprint density at radius 2 is 2.06 bits per heavy atom. The lowest BCUT2D eigenvalue weighted by molar-refractivity contribution is -0.138.